The molecule has 0 unspecified atom stereocenters. The molecule has 0 fully saturated rings. The SMILES string of the molecule is Cn1c2ccccc2c2c(CC(=O)O)nn(-c3ccccc3)c(=O)c21. The van der Waals surface area contributed by atoms with Gasteiger partial charge in [0.15, 0.2) is 0 Å². The Morgan fingerprint density at radius 3 is 2.48 bits per heavy atom. The molecule has 0 saturated carbocycles. The predicted octanol–water partition coefficient (Wildman–Crippen LogP) is 2.50. The lowest BCUT2D eigenvalue weighted by atomic mass is 10.1. The third-order valence-corrected chi connectivity index (χ3v) is 4.33. The van der Waals surface area contributed by atoms with Gasteiger partial charge in [-0.05, 0) is 18.2 Å². The van der Waals surface area contributed by atoms with Gasteiger partial charge in [-0.25, -0.2) is 0 Å². The van der Waals surface area contributed by atoms with Crippen LogP contribution in [-0.2, 0) is 18.3 Å². The lowest BCUT2D eigenvalue weighted by Gasteiger charge is -2.09. The maximum absolute atomic E-state index is 13.1. The minimum Gasteiger partial charge on any atom is -0.481 e. The number of carboxylic acids is 1. The summed E-state index contributed by atoms with van der Waals surface area (Å²) in [5, 5.41) is 15.1. The Hall–Kier alpha value is -3.41. The summed E-state index contributed by atoms with van der Waals surface area (Å²) in [6.07, 6.45) is -0.252. The van der Waals surface area contributed by atoms with Gasteiger partial charge in [-0.15, -0.1) is 0 Å². The Balaban J connectivity index is 2.19. The van der Waals surface area contributed by atoms with Crippen LogP contribution in [0.4, 0.5) is 0 Å². The molecule has 6 heteroatoms. The van der Waals surface area contributed by atoms with Gasteiger partial charge in [-0.3, -0.25) is 9.59 Å². The van der Waals surface area contributed by atoms with Crippen molar-refractivity contribution in [2.45, 2.75) is 6.42 Å². The first-order valence-electron chi connectivity index (χ1n) is 7.84. The van der Waals surface area contributed by atoms with Crippen molar-refractivity contribution in [3.05, 3.63) is 70.6 Å². The van der Waals surface area contributed by atoms with Gasteiger partial charge < -0.3 is 9.67 Å². The number of fused-ring (bicyclic) bond motifs is 3. The highest BCUT2D eigenvalue weighted by atomic mass is 16.4. The van der Waals surface area contributed by atoms with Gasteiger partial charge in [-0.2, -0.15) is 9.78 Å². The van der Waals surface area contributed by atoms with E-state index in [9.17, 15) is 14.7 Å². The minimum absolute atomic E-state index is 0.252. The fourth-order valence-electron chi connectivity index (χ4n) is 3.26. The average Bonchev–Trinajstić information content (AvgIpc) is 2.92. The molecule has 0 aliphatic heterocycles. The first-order valence-corrected chi connectivity index (χ1v) is 7.84. The number of carbonyl (C=O) groups is 1. The molecule has 0 spiro atoms. The van der Waals surface area contributed by atoms with Crippen LogP contribution in [0.2, 0.25) is 0 Å². The first-order chi connectivity index (χ1) is 12.1. The van der Waals surface area contributed by atoms with Crippen molar-refractivity contribution in [2.24, 2.45) is 7.05 Å². The summed E-state index contributed by atoms with van der Waals surface area (Å²) < 4.78 is 3.08. The van der Waals surface area contributed by atoms with E-state index in [0.717, 1.165) is 10.9 Å². The minimum atomic E-state index is -0.986. The molecule has 2 aromatic heterocycles. The molecule has 0 bridgehead atoms. The molecule has 0 aliphatic rings. The number of aliphatic carboxylic acids is 1. The summed E-state index contributed by atoms with van der Waals surface area (Å²) in [4.78, 5) is 24.4. The van der Waals surface area contributed by atoms with Crippen LogP contribution in [0.1, 0.15) is 5.69 Å². The van der Waals surface area contributed by atoms with E-state index >= 15 is 0 Å². The topological polar surface area (TPSA) is 77.1 Å². The molecule has 124 valence electrons. The number of hydrogen-bond acceptors (Lipinski definition) is 3. The molecule has 4 rings (SSSR count). The fraction of sp³-hybridized carbons (Fsp3) is 0.105. The summed E-state index contributed by atoms with van der Waals surface area (Å²) in [6, 6.07) is 16.6. The number of hydrogen-bond donors (Lipinski definition) is 1. The lowest BCUT2D eigenvalue weighted by molar-refractivity contribution is -0.136. The molecule has 0 atom stereocenters. The highest BCUT2D eigenvalue weighted by Crippen LogP contribution is 2.28. The number of benzene rings is 2. The summed E-state index contributed by atoms with van der Waals surface area (Å²) in [5.41, 5.74) is 2.04. The van der Waals surface area contributed by atoms with Crippen LogP contribution in [0.3, 0.4) is 0 Å². The van der Waals surface area contributed by atoms with Crippen LogP contribution in [0, 0.1) is 0 Å². The quantitative estimate of drug-likeness (QED) is 0.625. The zero-order valence-electron chi connectivity index (χ0n) is 13.5. The number of rotatable bonds is 3. The average molecular weight is 333 g/mol. The third kappa shape index (κ3) is 2.30. The number of aryl methyl sites for hydroxylation is 1. The number of aromatic nitrogens is 3. The van der Waals surface area contributed by atoms with E-state index in [4.69, 9.17) is 0 Å². The van der Waals surface area contributed by atoms with Gasteiger partial charge in [0, 0.05) is 23.3 Å². The van der Waals surface area contributed by atoms with E-state index in [1.807, 2.05) is 49.5 Å². The zero-order chi connectivity index (χ0) is 17.6. The molecule has 2 aromatic carbocycles. The summed E-state index contributed by atoms with van der Waals surface area (Å²) in [6.45, 7) is 0. The number of carboxylic acid groups (broad SMARTS) is 1. The van der Waals surface area contributed by atoms with E-state index in [0.29, 0.717) is 22.3 Å². The third-order valence-electron chi connectivity index (χ3n) is 4.33. The molecule has 25 heavy (non-hydrogen) atoms. The molecular formula is C19H15N3O3. The van der Waals surface area contributed by atoms with E-state index in [2.05, 4.69) is 5.10 Å². The molecular weight excluding hydrogens is 318 g/mol. The molecule has 0 saturated heterocycles. The van der Waals surface area contributed by atoms with E-state index in [1.165, 1.54) is 4.68 Å². The molecule has 1 N–H and O–H groups in total. The molecule has 0 aliphatic carbocycles. The Bertz CT molecular complexity index is 1170. The van der Waals surface area contributed by atoms with Crippen molar-refractivity contribution in [1.29, 1.82) is 0 Å². The van der Waals surface area contributed by atoms with Crippen LogP contribution in [0.25, 0.3) is 27.5 Å². The molecule has 0 radical (unpaired) electrons. The normalized spacial score (nSPS) is 11.2. The van der Waals surface area contributed by atoms with E-state index in [1.54, 1.807) is 16.7 Å². The van der Waals surface area contributed by atoms with E-state index in [-0.39, 0.29) is 12.0 Å². The lowest BCUT2D eigenvalue weighted by Crippen LogP contribution is -2.25. The van der Waals surface area contributed by atoms with Crippen molar-refractivity contribution in [2.75, 3.05) is 0 Å². The van der Waals surface area contributed by atoms with Gasteiger partial charge in [0.2, 0.25) is 0 Å². The van der Waals surface area contributed by atoms with Crippen LogP contribution in [-0.4, -0.2) is 25.4 Å². The Labute approximate surface area is 142 Å². The fourth-order valence-corrected chi connectivity index (χ4v) is 3.26. The van der Waals surface area contributed by atoms with Gasteiger partial charge in [-0.1, -0.05) is 36.4 Å². The highest BCUT2D eigenvalue weighted by Gasteiger charge is 2.20. The second kappa shape index (κ2) is 5.59. The summed E-state index contributed by atoms with van der Waals surface area (Å²) >= 11 is 0. The maximum Gasteiger partial charge on any atom is 0.309 e. The number of nitrogens with zero attached hydrogens (tertiary/aromatic N) is 3. The zero-order valence-corrected chi connectivity index (χ0v) is 13.5. The summed E-state index contributed by atoms with van der Waals surface area (Å²) in [5.74, 6) is -0.986. The van der Waals surface area contributed by atoms with Crippen LogP contribution in [0.15, 0.2) is 59.4 Å². The second-order valence-electron chi connectivity index (χ2n) is 5.87. The van der Waals surface area contributed by atoms with Crippen LogP contribution in [0.5, 0.6) is 0 Å². The predicted molar refractivity (Wildman–Crippen MR) is 95.2 cm³/mol. The van der Waals surface area contributed by atoms with Gasteiger partial charge in [0.1, 0.15) is 5.52 Å². The molecule has 2 heterocycles. The van der Waals surface area contributed by atoms with Crippen molar-refractivity contribution in [1.82, 2.24) is 14.3 Å². The second-order valence-corrected chi connectivity index (χ2v) is 5.87. The van der Waals surface area contributed by atoms with Crippen LogP contribution < -0.4 is 5.56 Å². The monoisotopic (exact) mass is 333 g/mol. The highest BCUT2D eigenvalue weighted by molar-refractivity contribution is 6.09. The Kier molecular flexibility index (Phi) is 3.39. The Morgan fingerprint density at radius 2 is 1.76 bits per heavy atom. The van der Waals surface area contributed by atoms with Crippen molar-refractivity contribution < 1.29 is 9.90 Å². The smallest absolute Gasteiger partial charge is 0.309 e. The van der Waals surface area contributed by atoms with Crippen molar-refractivity contribution in [3.8, 4) is 5.69 Å². The molecule has 4 aromatic rings. The van der Waals surface area contributed by atoms with Crippen molar-refractivity contribution >= 4 is 27.8 Å². The van der Waals surface area contributed by atoms with Gasteiger partial charge in [0.25, 0.3) is 5.56 Å². The molecule has 6 nitrogen and oxygen atoms in total. The Morgan fingerprint density at radius 1 is 1.08 bits per heavy atom. The van der Waals surface area contributed by atoms with E-state index < -0.39 is 5.97 Å². The van der Waals surface area contributed by atoms with Crippen LogP contribution >= 0.6 is 0 Å². The maximum atomic E-state index is 13.1. The largest absolute Gasteiger partial charge is 0.481 e. The number of para-hydroxylation sites is 2. The summed E-state index contributed by atoms with van der Waals surface area (Å²) in [7, 11) is 1.81. The first kappa shape index (κ1) is 15.1. The van der Waals surface area contributed by atoms with Crippen molar-refractivity contribution in [3.63, 3.8) is 0 Å². The van der Waals surface area contributed by atoms with Gasteiger partial charge in [0.05, 0.1) is 17.8 Å². The standard InChI is InChI=1S/C19H15N3O3/c1-21-15-10-6-5-9-13(15)17-14(11-16(23)24)20-22(19(25)18(17)21)12-7-3-2-4-8-12/h2-10H,11H2,1H3,(H,23,24). The molecule has 0 amide bonds. The van der Waals surface area contributed by atoms with Gasteiger partial charge >= 0.3 is 5.97 Å².